The van der Waals surface area contributed by atoms with Crippen molar-refractivity contribution in [1.29, 1.82) is 0 Å². The van der Waals surface area contributed by atoms with Gasteiger partial charge in [0.1, 0.15) is 0 Å². The number of rotatable bonds is 7. The van der Waals surface area contributed by atoms with Gasteiger partial charge in [-0.25, -0.2) is 0 Å². The van der Waals surface area contributed by atoms with Crippen molar-refractivity contribution < 1.29 is 4.74 Å². The molecular formula is C18H35NO. The fourth-order valence-corrected chi connectivity index (χ4v) is 4.13. The van der Waals surface area contributed by atoms with E-state index in [4.69, 9.17) is 4.74 Å². The second-order valence-electron chi connectivity index (χ2n) is 7.07. The number of hydrogen-bond donors (Lipinski definition) is 1. The number of ether oxygens (including phenoxy) is 1. The molecule has 0 aromatic heterocycles. The summed E-state index contributed by atoms with van der Waals surface area (Å²) in [5.41, 5.74) is 0.155. The smallest absolute Gasteiger partial charge is 0.0810 e. The van der Waals surface area contributed by atoms with Crippen LogP contribution < -0.4 is 5.32 Å². The summed E-state index contributed by atoms with van der Waals surface area (Å²) in [6, 6.07) is 0. The summed E-state index contributed by atoms with van der Waals surface area (Å²) in [6.45, 7) is 6.66. The Hall–Kier alpha value is -0.0800. The van der Waals surface area contributed by atoms with Crippen LogP contribution in [-0.2, 0) is 4.74 Å². The van der Waals surface area contributed by atoms with Gasteiger partial charge in [-0.05, 0) is 51.0 Å². The maximum absolute atomic E-state index is 6.69. The van der Waals surface area contributed by atoms with Gasteiger partial charge in [0, 0.05) is 6.54 Å². The van der Waals surface area contributed by atoms with Crippen LogP contribution in [0.1, 0.15) is 84.5 Å². The van der Waals surface area contributed by atoms with E-state index in [-0.39, 0.29) is 5.60 Å². The molecule has 20 heavy (non-hydrogen) atoms. The lowest BCUT2D eigenvalue weighted by Crippen LogP contribution is -2.48. The Kier molecular flexibility index (Phi) is 6.83. The number of hydrogen-bond acceptors (Lipinski definition) is 2. The van der Waals surface area contributed by atoms with Crippen molar-refractivity contribution in [2.24, 2.45) is 5.92 Å². The number of nitrogens with one attached hydrogen (secondary N) is 1. The second-order valence-corrected chi connectivity index (χ2v) is 7.07. The molecule has 0 bridgehead atoms. The van der Waals surface area contributed by atoms with Crippen molar-refractivity contribution in [2.45, 2.75) is 96.2 Å². The van der Waals surface area contributed by atoms with Gasteiger partial charge in [0.25, 0.3) is 0 Å². The predicted molar refractivity (Wildman–Crippen MR) is 86.1 cm³/mol. The quantitative estimate of drug-likeness (QED) is 0.732. The highest BCUT2D eigenvalue weighted by atomic mass is 16.5. The summed E-state index contributed by atoms with van der Waals surface area (Å²) in [5, 5.41) is 3.57. The van der Waals surface area contributed by atoms with Crippen molar-refractivity contribution in [3.8, 4) is 0 Å². The zero-order chi connectivity index (χ0) is 14.3. The van der Waals surface area contributed by atoms with Crippen LogP contribution in [0.3, 0.4) is 0 Å². The van der Waals surface area contributed by atoms with Gasteiger partial charge >= 0.3 is 0 Å². The lowest BCUT2D eigenvalue weighted by Gasteiger charge is -2.43. The van der Waals surface area contributed by atoms with Crippen molar-refractivity contribution in [3.63, 3.8) is 0 Å². The largest absolute Gasteiger partial charge is 0.370 e. The molecule has 0 aromatic rings. The van der Waals surface area contributed by atoms with Gasteiger partial charge in [0.15, 0.2) is 0 Å². The van der Waals surface area contributed by atoms with E-state index in [2.05, 4.69) is 19.2 Å². The standard InChI is InChI=1S/C18H35NO/c1-3-8-16-11-13-18(14-12-16,15-19-4-2)20-17-9-6-5-7-10-17/h16-17,19H,3-15H2,1-2H3. The Labute approximate surface area is 126 Å². The SMILES string of the molecule is CCCC1CCC(CNCC)(OC2CCCCC2)CC1. The second kappa shape index (κ2) is 8.38. The van der Waals surface area contributed by atoms with E-state index in [0.717, 1.165) is 19.0 Å². The third-order valence-corrected chi connectivity index (χ3v) is 5.38. The summed E-state index contributed by atoms with van der Waals surface area (Å²) in [5.74, 6) is 0.963. The fourth-order valence-electron chi connectivity index (χ4n) is 4.13. The first kappa shape index (κ1) is 16.3. The lowest BCUT2D eigenvalue weighted by atomic mass is 9.76. The molecule has 0 unspecified atom stereocenters. The summed E-state index contributed by atoms with van der Waals surface area (Å²) in [6.07, 6.45) is 15.4. The van der Waals surface area contributed by atoms with E-state index in [1.165, 1.54) is 70.6 Å². The molecule has 0 aromatic carbocycles. The lowest BCUT2D eigenvalue weighted by molar-refractivity contribution is -0.127. The molecule has 2 heteroatoms. The van der Waals surface area contributed by atoms with Crippen molar-refractivity contribution >= 4 is 0 Å². The molecule has 2 aliphatic rings. The molecule has 0 saturated heterocycles. The van der Waals surface area contributed by atoms with Crippen LogP contribution in [0.5, 0.6) is 0 Å². The van der Waals surface area contributed by atoms with E-state index in [1.54, 1.807) is 0 Å². The van der Waals surface area contributed by atoms with Crippen molar-refractivity contribution in [1.82, 2.24) is 5.32 Å². The minimum absolute atomic E-state index is 0.155. The van der Waals surface area contributed by atoms with Gasteiger partial charge in [0.05, 0.1) is 11.7 Å². The molecule has 0 atom stereocenters. The third kappa shape index (κ3) is 4.73. The monoisotopic (exact) mass is 281 g/mol. The Balaban J connectivity index is 1.88. The minimum Gasteiger partial charge on any atom is -0.370 e. The molecule has 2 aliphatic carbocycles. The first-order chi connectivity index (χ1) is 9.78. The molecule has 2 saturated carbocycles. The van der Waals surface area contributed by atoms with E-state index in [1.807, 2.05) is 0 Å². The summed E-state index contributed by atoms with van der Waals surface area (Å²) in [4.78, 5) is 0. The first-order valence-corrected chi connectivity index (χ1v) is 9.16. The maximum atomic E-state index is 6.69. The summed E-state index contributed by atoms with van der Waals surface area (Å²) >= 11 is 0. The van der Waals surface area contributed by atoms with Crippen molar-refractivity contribution in [3.05, 3.63) is 0 Å². The van der Waals surface area contributed by atoms with E-state index < -0.39 is 0 Å². The molecule has 118 valence electrons. The van der Waals surface area contributed by atoms with E-state index >= 15 is 0 Å². The van der Waals surface area contributed by atoms with Crippen LogP contribution in [0.4, 0.5) is 0 Å². The minimum atomic E-state index is 0.155. The van der Waals surface area contributed by atoms with Crippen LogP contribution in [-0.4, -0.2) is 24.8 Å². The van der Waals surface area contributed by atoms with Gasteiger partial charge in [-0.3, -0.25) is 0 Å². The topological polar surface area (TPSA) is 21.3 Å². The molecule has 0 radical (unpaired) electrons. The molecule has 0 amide bonds. The molecular weight excluding hydrogens is 246 g/mol. The highest BCUT2D eigenvalue weighted by Gasteiger charge is 2.37. The van der Waals surface area contributed by atoms with E-state index in [9.17, 15) is 0 Å². The van der Waals surface area contributed by atoms with Crippen LogP contribution in [0.15, 0.2) is 0 Å². The molecule has 2 fully saturated rings. The van der Waals surface area contributed by atoms with Crippen molar-refractivity contribution in [2.75, 3.05) is 13.1 Å². The Morgan fingerprint density at radius 1 is 1.00 bits per heavy atom. The van der Waals surface area contributed by atoms with Gasteiger partial charge in [-0.15, -0.1) is 0 Å². The van der Waals surface area contributed by atoms with E-state index in [0.29, 0.717) is 6.10 Å². The van der Waals surface area contributed by atoms with Gasteiger partial charge < -0.3 is 10.1 Å². The molecule has 0 heterocycles. The predicted octanol–water partition coefficient (Wildman–Crippen LogP) is 4.67. The average molecular weight is 281 g/mol. The highest BCUT2D eigenvalue weighted by molar-refractivity contribution is 4.90. The maximum Gasteiger partial charge on any atom is 0.0810 e. The molecule has 2 rings (SSSR count). The first-order valence-electron chi connectivity index (χ1n) is 9.16. The number of likely N-dealkylation sites (N-methyl/N-ethyl adjacent to an activating group) is 1. The van der Waals surface area contributed by atoms with Crippen LogP contribution in [0, 0.1) is 5.92 Å². The normalized spacial score (nSPS) is 32.4. The van der Waals surface area contributed by atoms with Gasteiger partial charge in [-0.2, -0.15) is 0 Å². The van der Waals surface area contributed by atoms with Gasteiger partial charge in [-0.1, -0.05) is 46.0 Å². The highest BCUT2D eigenvalue weighted by Crippen LogP contribution is 2.39. The third-order valence-electron chi connectivity index (χ3n) is 5.38. The zero-order valence-electron chi connectivity index (χ0n) is 13.8. The molecule has 0 aliphatic heterocycles. The fraction of sp³-hybridized carbons (Fsp3) is 1.00. The van der Waals surface area contributed by atoms with Gasteiger partial charge in [0.2, 0.25) is 0 Å². The summed E-state index contributed by atoms with van der Waals surface area (Å²) < 4.78 is 6.69. The van der Waals surface area contributed by atoms with Crippen LogP contribution >= 0.6 is 0 Å². The average Bonchev–Trinajstić information content (AvgIpc) is 2.49. The molecule has 1 N–H and O–H groups in total. The van der Waals surface area contributed by atoms with Crippen LogP contribution in [0.2, 0.25) is 0 Å². The molecule has 0 spiro atoms. The Morgan fingerprint density at radius 3 is 2.30 bits per heavy atom. The molecule has 2 nitrogen and oxygen atoms in total. The zero-order valence-corrected chi connectivity index (χ0v) is 13.8. The van der Waals surface area contributed by atoms with Crippen LogP contribution in [0.25, 0.3) is 0 Å². The summed E-state index contributed by atoms with van der Waals surface area (Å²) in [7, 11) is 0. The Morgan fingerprint density at radius 2 is 1.70 bits per heavy atom. The Bertz CT molecular complexity index is 252.